The number of piperidine rings is 1. The standard InChI is InChI=1S/C19H22FNO/c1-22-18-8-4-15(5-9-18)19(16-10-12-21-13-11-16)14-2-6-17(20)7-3-14/h2-9,16,19,21H,10-13H2,1H3. The summed E-state index contributed by atoms with van der Waals surface area (Å²) < 4.78 is 18.5. The number of rotatable bonds is 4. The lowest BCUT2D eigenvalue weighted by Gasteiger charge is -2.31. The number of ether oxygens (including phenoxy) is 1. The van der Waals surface area contributed by atoms with Crippen LogP contribution >= 0.6 is 0 Å². The van der Waals surface area contributed by atoms with Gasteiger partial charge in [-0.05, 0) is 67.2 Å². The molecular weight excluding hydrogens is 277 g/mol. The fourth-order valence-electron chi connectivity index (χ4n) is 3.40. The second kappa shape index (κ2) is 6.93. The van der Waals surface area contributed by atoms with E-state index in [1.165, 1.54) is 11.1 Å². The van der Waals surface area contributed by atoms with Crippen LogP contribution in [-0.4, -0.2) is 20.2 Å². The lowest BCUT2D eigenvalue weighted by molar-refractivity contribution is 0.342. The third-order valence-corrected chi connectivity index (χ3v) is 4.56. The van der Waals surface area contributed by atoms with Crippen molar-refractivity contribution in [3.05, 3.63) is 65.5 Å². The van der Waals surface area contributed by atoms with Crippen molar-refractivity contribution < 1.29 is 9.13 Å². The first-order valence-corrected chi connectivity index (χ1v) is 7.88. The van der Waals surface area contributed by atoms with Crippen molar-refractivity contribution in [1.82, 2.24) is 5.32 Å². The Balaban J connectivity index is 1.95. The molecule has 0 aliphatic carbocycles. The van der Waals surface area contributed by atoms with Crippen molar-refractivity contribution in [2.24, 2.45) is 5.92 Å². The molecule has 0 amide bonds. The molecule has 0 aromatic heterocycles. The van der Waals surface area contributed by atoms with Crippen molar-refractivity contribution in [2.75, 3.05) is 20.2 Å². The smallest absolute Gasteiger partial charge is 0.123 e. The topological polar surface area (TPSA) is 21.3 Å². The third-order valence-electron chi connectivity index (χ3n) is 4.56. The zero-order valence-electron chi connectivity index (χ0n) is 12.9. The summed E-state index contributed by atoms with van der Waals surface area (Å²) in [5.74, 6) is 1.59. The molecule has 3 heteroatoms. The Bertz CT molecular complexity index is 588. The fourth-order valence-corrected chi connectivity index (χ4v) is 3.40. The van der Waals surface area contributed by atoms with E-state index in [0.29, 0.717) is 11.8 Å². The predicted octanol–water partition coefficient (Wildman–Crippen LogP) is 3.97. The normalized spacial score (nSPS) is 17.2. The van der Waals surface area contributed by atoms with Crippen LogP contribution in [0.4, 0.5) is 4.39 Å². The average molecular weight is 299 g/mol. The van der Waals surface area contributed by atoms with Gasteiger partial charge >= 0.3 is 0 Å². The molecule has 1 fully saturated rings. The van der Waals surface area contributed by atoms with Gasteiger partial charge in [0, 0.05) is 5.92 Å². The van der Waals surface area contributed by atoms with Crippen LogP contribution in [0.15, 0.2) is 48.5 Å². The largest absolute Gasteiger partial charge is 0.497 e. The monoisotopic (exact) mass is 299 g/mol. The van der Waals surface area contributed by atoms with Gasteiger partial charge in [0.1, 0.15) is 11.6 Å². The van der Waals surface area contributed by atoms with Crippen LogP contribution in [0.25, 0.3) is 0 Å². The Kier molecular flexibility index (Phi) is 4.74. The lowest BCUT2D eigenvalue weighted by atomic mass is 9.76. The predicted molar refractivity (Wildman–Crippen MR) is 86.8 cm³/mol. The van der Waals surface area contributed by atoms with Gasteiger partial charge in [-0.25, -0.2) is 4.39 Å². The molecule has 22 heavy (non-hydrogen) atoms. The molecule has 116 valence electrons. The molecule has 1 unspecified atom stereocenters. The maximum atomic E-state index is 13.3. The maximum absolute atomic E-state index is 13.3. The highest BCUT2D eigenvalue weighted by molar-refractivity contribution is 5.37. The van der Waals surface area contributed by atoms with E-state index < -0.39 is 0 Å². The third kappa shape index (κ3) is 3.30. The second-order valence-electron chi connectivity index (χ2n) is 5.89. The Morgan fingerprint density at radius 3 is 2.05 bits per heavy atom. The van der Waals surface area contributed by atoms with Gasteiger partial charge in [-0.3, -0.25) is 0 Å². The van der Waals surface area contributed by atoms with E-state index >= 15 is 0 Å². The van der Waals surface area contributed by atoms with Gasteiger partial charge in [0.15, 0.2) is 0 Å². The SMILES string of the molecule is COc1ccc(C(c2ccc(F)cc2)C2CCNCC2)cc1. The molecule has 1 aliphatic rings. The van der Waals surface area contributed by atoms with Crippen molar-refractivity contribution in [3.63, 3.8) is 0 Å². The van der Waals surface area contributed by atoms with E-state index in [1.54, 1.807) is 19.2 Å². The quantitative estimate of drug-likeness (QED) is 0.922. The summed E-state index contributed by atoms with van der Waals surface area (Å²) in [6.45, 7) is 2.11. The molecule has 2 nitrogen and oxygen atoms in total. The zero-order chi connectivity index (χ0) is 15.4. The first-order chi connectivity index (χ1) is 10.8. The average Bonchev–Trinajstić information content (AvgIpc) is 2.58. The lowest BCUT2D eigenvalue weighted by Crippen LogP contribution is -2.31. The molecule has 0 radical (unpaired) electrons. The minimum Gasteiger partial charge on any atom is -0.497 e. The molecule has 1 heterocycles. The van der Waals surface area contributed by atoms with Crippen molar-refractivity contribution in [3.8, 4) is 5.75 Å². The van der Waals surface area contributed by atoms with E-state index in [1.807, 2.05) is 24.3 Å². The minimum atomic E-state index is -0.178. The van der Waals surface area contributed by atoms with E-state index in [9.17, 15) is 4.39 Å². The summed E-state index contributed by atoms with van der Waals surface area (Å²) in [7, 11) is 1.68. The summed E-state index contributed by atoms with van der Waals surface area (Å²) in [6.07, 6.45) is 2.29. The van der Waals surface area contributed by atoms with E-state index in [4.69, 9.17) is 4.74 Å². The van der Waals surface area contributed by atoms with E-state index in [2.05, 4.69) is 17.4 Å². The number of benzene rings is 2. The van der Waals surface area contributed by atoms with Gasteiger partial charge in [-0.15, -0.1) is 0 Å². The second-order valence-corrected chi connectivity index (χ2v) is 5.89. The van der Waals surface area contributed by atoms with Gasteiger partial charge in [0.05, 0.1) is 7.11 Å². The summed E-state index contributed by atoms with van der Waals surface area (Å²) in [5.41, 5.74) is 2.47. The molecule has 1 N–H and O–H groups in total. The van der Waals surface area contributed by atoms with Gasteiger partial charge in [0.25, 0.3) is 0 Å². The summed E-state index contributed by atoms with van der Waals surface area (Å²) in [5, 5.41) is 3.42. The van der Waals surface area contributed by atoms with Crippen molar-refractivity contribution in [2.45, 2.75) is 18.8 Å². The Morgan fingerprint density at radius 1 is 0.955 bits per heavy atom. The molecular formula is C19H22FNO. The van der Waals surface area contributed by atoms with Crippen molar-refractivity contribution in [1.29, 1.82) is 0 Å². The van der Waals surface area contributed by atoms with Gasteiger partial charge in [0.2, 0.25) is 0 Å². The van der Waals surface area contributed by atoms with Crippen LogP contribution in [0, 0.1) is 11.7 Å². The molecule has 1 saturated heterocycles. The molecule has 0 spiro atoms. The summed E-state index contributed by atoms with van der Waals surface area (Å²) >= 11 is 0. The fraction of sp³-hybridized carbons (Fsp3) is 0.368. The number of nitrogens with one attached hydrogen (secondary N) is 1. The van der Waals surface area contributed by atoms with Gasteiger partial charge in [-0.2, -0.15) is 0 Å². The van der Waals surface area contributed by atoms with Crippen LogP contribution in [-0.2, 0) is 0 Å². The molecule has 1 aliphatic heterocycles. The van der Waals surface area contributed by atoms with Gasteiger partial charge in [-0.1, -0.05) is 24.3 Å². The molecule has 2 aromatic carbocycles. The molecule has 1 atom stereocenters. The van der Waals surface area contributed by atoms with Crippen LogP contribution in [0.5, 0.6) is 5.75 Å². The highest BCUT2D eigenvalue weighted by Crippen LogP contribution is 2.37. The van der Waals surface area contributed by atoms with Gasteiger partial charge < -0.3 is 10.1 Å². The number of halogens is 1. The summed E-state index contributed by atoms with van der Waals surface area (Å²) in [4.78, 5) is 0. The van der Waals surface area contributed by atoms with E-state index in [0.717, 1.165) is 31.7 Å². The Labute approximate surface area is 131 Å². The molecule has 3 rings (SSSR count). The molecule has 2 aromatic rings. The minimum absolute atomic E-state index is 0.178. The Hall–Kier alpha value is -1.87. The van der Waals surface area contributed by atoms with Crippen LogP contribution in [0.2, 0.25) is 0 Å². The number of hydrogen-bond acceptors (Lipinski definition) is 2. The molecule has 0 bridgehead atoms. The van der Waals surface area contributed by atoms with Crippen LogP contribution in [0.1, 0.15) is 29.9 Å². The highest BCUT2D eigenvalue weighted by atomic mass is 19.1. The maximum Gasteiger partial charge on any atom is 0.123 e. The first-order valence-electron chi connectivity index (χ1n) is 7.88. The number of methoxy groups -OCH3 is 1. The number of hydrogen-bond donors (Lipinski definition) is 1. The van der Waals surface area contributed by atoms with Crippen LogP contribution < -0.4 is 10.1 Å². The Morgan fingerprint density at radius 2 is 1.50 bits per heavy atom. The molecule has 0 saturated carbocycles. The zero-order valence-corrected chi connectivity index (χ0v) is 12.9. The van der Waals surface area contributed by atoms with Crippen LogP contribution in [0.3, 0.4) is 0 Å². The summed E-state index contributed by atoms with van der Waals surface area (Å²) in [6, 6.07) is 15.3. The highest BCUT2D eigenvalue weighted by Gasteiger charge is 2.26. The van der Waals surface area contributed by atoms with Crippen molar-refractivity contribution >= 4 is 0 Å². The van der Waals surface area contributed by atoms with E-state index in [-0.39, 0.29) is 5.82 Å². The first kappa shape index (κ1) is 15.0.